The van der Waals surface area contributed by atoms with E-state index < -0.39 is 24.0 Å². The van der Waals surface area contributed by atoms with E-state index in [0.29, 0.717) is 17.8 Å². The van der Waals surface area contributed by atoms with Crippen molar-refractivity contribution in [3.63, 3.8) is 0 Å². The molecule has 0 radical (unpaired) electrons. The molecule has 1 aromatic heterocycles. The van der Waals surface area contributed by atoms with E-state index in [4.69, 9.17) is 4.74 Å². The van der Waals surface area contributed by atoms with Crippen LogP contribution in [-0.2, 0) is 13.7 Å². The van der Waals surface area contributed by atoms with Gasteiger partial charge in [-0.25, -0.2) is 4.39 Å². The summed E-state index contributed by atoms with van der Waals surface area (Å²) in [5.41, 5.74) is -0.387. The Morgan fingerprint density at radius 3 is 2.58 bits per heavy atom. The Kier molecular flexibility index (Phi) is 3.50. The van der Waals surface area contributed by atoms with Gasteiger partial charge < -0.3 is 17.7 Å². The maximum absolute atomic E-state index is 13.4. The van der Waals surface area contributed by atoms with Gasteiger partial charge in [0, 0.05) is 13.2 Å². The van der Waals surface area contributed by atoms with Crippen molar-refractivity contribution in [2.45, 2.75) is 6.61 Å². The first-order chi connectivity index (χ1) is 8.86. The van der Waals surface area contributed by atoms with Crippen LogP contribution in [0.2, 0.25) is 0 Å². The summed E-state index contributed by atoms with van der Waals surface area (Å²) in [4.78, 5) is 0. The van der Waals surface area contributed by atoms with Crippen LogP contribution in [0.4, 0.5) is 17.3 Å². The molecule has 0 saturated carbocycles. The van der Waals surface area contributed by atoms with Gasteiger partial charge in [-0.05, 0) is 18.2 Å². The van der Waals surface area contributed by atoms with E-state index in [9.17, 15) is 17.3 Å². The molecule has 0 fully saturated rings. The molecule has 0 N–H and O–H groups in total. The first-order valence-electron chi connectivity index (χ1n) is 5.47. The minimum absolute atomic E-state index is 0.0912. The third kappa shape index (κ3) is 3.27. The molecule has 8 heteroatoms. The van der Waals surface area contributed by atoms with Gasteiger partial charge in [0.1, 0.15) is 6.61 Å². The van der Waals surface area contributed by atoms with E-state index in [1.807, 2.05) is 0 Å². The van der Waals surface area contributed by atoms with Crippen LogP contribution in [0, 0.1) is 5.82 Å². The van der Waals surface area contributed by atoms with Crippen LogP contribution < -0.4 is 10.2 Å². The van der Waals surface area contributed by atoms with Crippen molar-refractivity contribution in [1.82, 2.24) is 9.78 Å². The molecule has 0 unspecified atom stereocenters. The number of aryl methyl sites for hydroxylation is 1. The van der Waals surface area contributed by atoms with E-state index in [2.05, 4.69) is 5.10 Å². The molecule has 0 aliphatic carbocycles. The van der Waals surface area contributed by atoms with Gasteiger partial charge in [0.25, 0.3) is 0 Å². The first-order valence-corrected chi connectivity index (χ1v) is 5.47. The van der Waals surface area contributed by atoms with E-state index >= 15 is 0 Å². The van der Waals surface area contributed by atoms with Gasteiger partial charge in [-0.15, -0.1) is 5.46 Å². The molecule has 0 spiro atoms. The van der Waals surface area contributed by atoms with Crippen molar-refractivity contribution in [2.24, 2.45) is 7.05 Å². The lowest BCUT2D eigenvalue weighted by Gasteiger charge is -2.16. The summed E-state index contributed by atoms with van der Waals surface area (Å²) >= 11 is 0. The molecule has 0 aliphatic heterocycles. The predicted molar refractivity (Wildman–Crippen MR) is 62.7 cm³/mol. The number of ether oxygens (including phenoxy) is 1. The van der Waals surface area contributed by atoms with Gasteiger partial charge in [-0.1, -0.05) is 6.07 Å². The molecule has 102 valence electrons. The average Bonchev–Trinajstić information content (AvgIpc) is 2.72. The van der Waals surface area contributed by atoms with Crippen LogP contribution in [0.3, 0.4) is 0 Å². The van der Waals surface area contributed by atoms with Crippen molar-refractivity contribution in [3.05, 3.63) is 42.0 Å². The molecule has 0 saturated heterocycles. The number of nitrogens with zero attached hydrogens (tertiary/aromatic N) is 2. The number of aromatic nitrogens is 2. The molecule has 19 heavy (non-hydrogen) atoms. The fourth-order valence-corrected chi connectivity index (χ4v) is 1.53. The highest BCUT2D eigenvalue weighted by Gasteiger charge is 2.26. The Labute approximate surface area is 106 Å². The Hall–Kier alpha value is -1.99. The van der Waals surface area contributed by atoms with Crippen LogP contribution in [0.5, 0.6) is 5.75 Å². The quantitative estimate of drug-likeness (QED) is 0.630. The lowest BCUT2D eigenvalue weighted by Crippen LogP contribution is -2.34. The summed E-state index contributed by atoms with van der Waals surface area (Å²) in [6, 6.07) is 3.75. The van der Waals surface area contributed by atoms with Crippen LogP contribution in [-0.4, -0.2) is 16.8 Å². The fraction of sp³-hybridized carbons (Fsp3) is 0.182. The summed E-state index contributed by atoms with van der Waals surface area (Å²) in [5, 5.41) is 3.98. The van der Waals surface area contributed by atoms with Crippen LogP contribution in [0.1, 0.15) is 5.69 Å². The standard InChI is InChI=1S/C11H10BF4N2O/c1-18-5-4-9(17-18)7-19-11-6-8(12(14,15)16)2-3-10(11)13/h2-6H,7H2,1H3/q-1. The third-order valence-corrected chi connectivity index (χ3v) is 2.48. The van der Waals surface area contributed by atoms with E-state index in [-0.39, 0.29) is 6.61 Å². The van der Waals surface area contributed by atoms with Crippen LogP contribution in [0.15, 0.2) is 30.5 Å². The molecule has 1 heterocycles. The van der Waals surface area contributed by atoms with E-state index in [1.165, 1.54) is 4.68 Å². The maximum atomic E-state index is 13.4. The van der Waals surface area contributed by atoms with E-state index in [1.54, 1.807) is 19.3 Å². The average molecular weight is 273 g/mol. The van der Waals surface area contributed by atoms with Crippen molar-refractivity contribution < 1.29 is 22.1 Å². The lowest BCUT2D eigenvalue weighted by atomic mass is 9.80. The van der Waals surface area contributed by atoms with Crippen LogP contribution >= 0.6 is 0 Å². The molecule has 2 aromatic rings. The summed E-state index contributed by atoms with van der Waals surface area (Å²) in [7, 11) is 1.69. The number of benzene rings is 1. The second-order valence-electron chi connectivity index (χ2n) is 4.03. The maximum Gasteiger partial charge on any atom is 0.509 e. The predicted octanol–water partition coefficient (Wildman–Crippen LogP) is 2.19. The largest absolute Gasteiger partial charge is 0.509 e. The highest BCUT2D eigenvalue weighted by molar-refractivity contribution is 6.73. The van der Waals surface area contributed by atoms with Crippen molar-refractivity contribution in [2.75, 3.05) is 0 Å². The van der Waals surface area contributed by atoms with Crippen molar-refractivity contribution in [1.29, 1.82) is 0 Å². The van der Waals surface area contributed by atoms with Crippen molar-refractivity contribution in [3.8, 4) is 5.75 Å². The molecular formula is C11H10BF4N2O-. The third-order valence-electron chi connectivity index (χ3n) is 2.48. The lowest BCUT2D eigenvalue weighted by molar-refractivity contribution is 0.285. The summed E-state index contributed by atoms with van der Waals surface area (Å²) in [5.74, 6) is -1.26. The zero-order valence-electron chi connectivity index (χ0n) is 9.99. The van der Waals surface area contributed by atoms with Gasteiger partial charge in [0.2, 0.25) is 0 Å². The molecule has 0 amide bonds. The molecular weight excluding hydrogens is 263 g/mol. The zero-order valence-corrected chi connectivity index (χ0v) is 9.99. The van der Waals surface area contributed by atoms with Gasteiger partial charge >= 0.3 is 6.98 Å². The normalized spacial score (nSPS) is 11.6. The zero-order chi connectivity index (χ0) is 14.0. The minimum Gasteiger partial charge on any atom is -0.484 e. The van der Waals surface area contributed by atoms with Crippen molar-refractivity contribution >= 4 is 12.4 Å². The molecule has 0 aliphatic rings. The molecule has 1 aromatic carbocycles. The summed E-state index contributed by atoms with van der Waals surface area (Å²) < 4.78 is 57.5. The van der Waals surface area contributed by atoms with Crippen LogP contribution in [0.25, 0.3) is 0 Å². The Bertz CT molecular complexity index is 582. The SMILES string of the molecule is Cn1ccc(COc2cc([B-](F)(F)F)ccc2F)n1. The summed E-state index contributed by atoms with van der Waals surface area (Å²) in [6.07, 6.45) is 1.66. The topological polar surface area (TPSA) is 27.1 Å². The number of hydrogen-bond donors (Lipinski definition) is 0. The number of halogens is 4. The van der Waals surface area contributed by atoms with Gasteiger partial charge in [0.15, 0.2) is 11.6 Å². The van der Waals surface area contributed by atoms with Gasteiger partial charge in [0.05, 0.1) is 5.69 Å². The second-order valence-corrected chi connectivity index (χ2v) is 4.03. The van der Waals surface area contributed by atoms with Gasteiger partial charge in [-0.2, -0.15) is 5.10 Å². The number of hydrogen-bond acceptors (Lipinski definition) is 2. The monoisotopic (exact) mass is 273 g/mol. The Balaban J connectivity index is 2.15. The molecule has 0 atom stereocenters. The Morgan fingerprint density at radius 1 is 1.26 bits per heavy atom. The number of rotatable bonds is 4. The fourth-order valence-electron chi connectivity index (χ4n) is 1.53. The molecule has 3 nitrogen and oxygen atoms in total. The Morgan fingerprint density at radius 2 is 2.00 bits per heavy atom. The first kappa shape index (κ1) is 13.4. The smallest absolute Gasteiger partial charge is 0.484 e. The van der Waals surface area contributed by atoms with E-state index in [0.717, 1.165) is 6.07 Å². The summed E-state index contributed by atoms with van der Waals surface area (Å²) in [6.45, 7) is -5.26. The molecule has 2 rings (SSSR count). The highest BCUT2D eigenvalue weighted by atomic mass is 19.4. The highest BCUT2D eigenvalue weighted by Crippen LogP contribution is 2.19. The van der Waals surface area contributed by atoms with Gasteiger partial charge in [-0.3, -0.25) is 4.68 Å². The second kappa shape index (κ2) is 4.95. The minimum atomic E-state index is -5.17. The molecule has 0 bridgehead atoms.